The molecule has 0 aliphatic carbocycles. The van der Waals surface area contributed by atoms with Gasteiger partial charge in [-0.15, -0.1) is 0 Å². The summed E-state index contributed by atoms with van der Waals surface area (Å²) < 4.78 is 11.2. The van der Waals surface area contributed by atoms with Crippen LogP contribution in [0.25, 0.3) is 16.4 Å². The van der Waals surface area contributed by atoms with E-state index in [1.807, 2.05) is 24.3 Å². The van der Waals surface area contributed by atoms with Gasteiger partial charge in [0.15, 0.2) is 0 Å². The van der Waals surface area contributed by atoms with Crippen molar-refractivity contribution in [1.29, 1.82) is 0 Å². The summed E-state index contributed by atoms with van der Waals surface area (Å²) in [6.07, 6.45) is 3.07. The van der Waals surface area contributed by atoms with Crippen LogP contribution in [0.3, 0.4) is 0 Å². The summed E-state index contributed by atoms with van der Waals surface area (Å²) in [4.78, 5) is 28.3. The van der Waals surface area contributed by atoms with Gasteiger partial charge in [-0.3, -0.25) is 0 Å². The molecule has 0 saturated heterocycles. The van der Waals surface area contributed by atoms with Gasteiger partial charge in [0, 0.05) is 11.6 Å². The smallest absolute Gasteiger partial charge is 0.340 e. The van der Waals surface area contributed by atoms with Gasteiger partial charge in [0.1, 0.15) is 5.56 Å². The number of benzene rings is 1. The molecule has 1 aromatic carbocycles. The summed E-state index contributed by atoms with van der Waals surface area (Å²) in [7, 11) is 2.54. The molecule has 0 unspecified atom stereocenters. The van der Waals surface area contributed by atoms with Crippen molar-refractivity contribution in [2.24, 2.45) is 0 Å². The minimum Gasteiger partial charge on any atom is -0.465 e. The highest BCUT2D eigenvalue weighted by atomic mass is 16.5. The van der Waals surface area contributed by atoms with Crippen LogP contribution >= 0.6 is 0 Å². The number of hydrogen-bond acceptors (Lipinski definition) is 5. The molecule has 2 heterocycles. The SMILES string of the molecule is COC(=O)c1cn2cnc3ccccc3c2c1C(=O)OC. The molecule has 0 aliphatic rings. The Hall–Kier alpha value is -2.89. The van der Waals surface area contributed by atoms with E-state index in [1.165, 1.54) is 20.4 Å². The van der Waals surface area contributed by atoms with Gasteiger partial charge in [-0.25, -0.2) is 14.6 Å². The average molecular weight is 284 g/mol. The molecule has 21 heavy (non-hydrogen) atoms. The second-order valence-corrected chi connectivity index (χ2v) is 4.42. The maximum absolute atomic E-state index is 12.1. The number of esters is 2. The van der Waals surface area contributed by atoms with Crippen molar-refractivity contribution in [1.82, 2.24) is 9.38 Å². The predicted molar refractivity (Wildman–Crippen MR) is 75.4 cm³/mol. The Morgan fingerprint density at radius 2 is 1.81 bits per heavy atom. The highest BCUT2D eigenvalue weighted by Crippen LogP contribution is 2.26. The Morgan fingerprint density at radius 1 is 1.10 bits per heavy atom. The van der Waals surface area contributed by atoms with E-state index in [0.717, 1.165) is 10.9 Å². The first-order chi connectivity index (χ1) is 10.2. The van der Waals surface area contributed by atoms with Crippen LogP contribution in [0.15, 0.2) is 36.8 Å². The molecule has 0 atom stereocenters. The van der Waals surface area contributed by atoms with Gasteiger partial charge in [-0.1, -0.05) is 18.2 Å². The molecular formula is C15H12N2O4. The standard InChI is InChI=1S/C15H12N2O4/c1-20-14(18)10-7-17-8-16-11-6-4-3-5-9(11)13(17)12(10)15(19)21-2/h3-8H,1-2H3. The van der Waals surface area contributed by atoms with Gasteiger partial charge in [-0.05, 0) is 6.07 Å². The van der Waals surface area contributed by atoms with Crippen molar-refractivity contribution >= 4 is 28.4 Å². The lowest BCUT2D eigenvalue weighted by Gasteiger charge is -2.04. The zero-order chi connectivity index (χ0) is 15.0. The molecule has 0 aliphatic heterocycles. The molecule has 0 saturated carbocycles. The highest BCUT2D eigenvalue weighted by molar-refractivity contribution is 6.13. The average Bonchev–Trinajstić information content (AvgIpc) is 2.93. The molecule has 3 aromatic rings. The van der Waals surface area contributed by atoms with Gasteiger partial charge in [0.25, 0.3) is 0 Å². The van der Waals surface area contributed by atoms with Crippen LogP contribution in [0.4, 0.5) is 0 Å². The maximum Gasteiger partial charge on any atom is 0.340 e. The van der Waals surface area contributed by atoms with Crippen LogP contribution in [-0.2, 0) is 9.47 Å². The number of para-hydroxylation sites is 1. The molecule has 6 nitrogen and oxygen atoms in total. The topological polar surface area (TPSA) is 69.9 Å². The van der Waals surface area contributed by atoms with E-state index in [9.17, 15) is 9.59 Å². The molecule has 0 fully saturated rings. The van der Waals surface area contributed by atoms with Gasteiger partial charge >= 0.3 is 11.9 Å². The number of nitrogens with zero attached hydrogens (tertiary/aromatic N) is 2. The van der Waals surface area contributed by atoms with Crippen LogP contribution in [0.2, 0.25) is 0 Å². The maximum atomic E-state index is 12.1. The number of fused-ring (bicyclic) bond motifs is 3. The molecule has 0 amide bonds. The number of ether oxygens (including phenoxy) is 2. The minimum absolute atomic E-state index is 0.155. The predicted octanol–water partition coefficient (Wildman–Crippen LogP) is 2.06. The van der Waals surface area contributed by atoms with Crippen LogP contribution in [0.5, 0.6) is 0 Å². The number of rotatable bonds is 2. The summed E-state index contributed by atoms with van der Waals surface area (Å²) in [6, 6.07) is 7.37. The summed E-state index contributed by atoms with van der Waals surface area (Å²) >= 11 is 0. The quantitative estimate of drug-likeness (QED) is 0.674. The first-order valence-corrected chi connectivity index (χ1v) is 6.22. The third kappa shape index (κ3) is 1.92. The van der Waals surface area contributed by atoms with Gasteiger partial charge < -0.3 is 13.9 Å². The van der Waals surface area contributed by atoms with Crippen LogP contribution in [0, 0.1) is 0 Å². The molecule has 106 valence electrons. The number of methoxy groups -OCH3 is 2. The molecule has 3 rings (SSSR count). The molecule has 2 aromatic heterocycles. The Kier molecular flexibility index (Phi) is 3.06. The third-order valence-corrected chi connectivity index (χ3v) is 3.31. The first-order valence-electron chi connectivity index (χ1n) is 6.22. The minimum atomic E-state index is -0.594. The van der Waals surface area contributed by atoms with Crippen LogP contribution in [0.1, 0.15) is 20.7 Å². The van der Waals surface area contributed by atoms with E-state index in [4.69, 9.17) is 9.47 Å². The summed E-state index contributed by atoms with van der Waals surface area (Å²) in [5.74, 6) is -1.18. The van der Waals surface area contributed by atoms with Crippen molar-refractivity contribution in [2.45, 2.75) is 0 Å². The Bertz CT molecular complexity index is 867. The lowest BCUT2D eigenvalue weighted by molar-refractivity contribution is 0.0558. The molecule has 6 heteroatoms. The molecule has 0 spiro atoms. The molecule has 0 radical (unpaired) electrons. The van der Waals surface area contributed by atoms with E-state index in [0.29, 0.717) is 5.52 Å². The van der Waals surface area contributed by atoms with E-state index in [2.05, 4.69) is 4.98 Å². The number of hydrogen-bond donors (Lipinski definition) is 0. The normalized spacial score (nSPS) is 10.8. The molecular weight excluding hydrogens is 272 g/mol. The van der Waals surface area contributed by atoms with E-state index < -0.39 is 11.9 Å². The number of carbonyl (C=O) groups is 2. The van der Waals surface area contributed by atoms with Crippen LogP contribution < -0.4 is 0 Å². The fourth-order valence-electron chi connectivity index (χ4n) is 2.37. The highest BCUT2D eigenvalue weighted by Gasteiger charge is 2.25. The molecule has 0 N–H and O–H groups in total. The third-order valence-electron chi connectivity index (χ3n) is 3.31. The lowest BCUT2D eigenvalue weighted by atomic mass is 10.1. The van der Waals surface area contributed by atoms with Crippen LogP contribution in [-0.4, -0.2) is 35.5 Å². The zero-order valence-electron chi connectivity index (χ0n) is 11.5. The Balaban J connectivity index is 2.47. The second kappa shape index (κ2) is 4.90. The van der Waals surface area contributed by atoms with Gasteiger partial charge in [0.05, 0.1) is 37.1 Å². The van der Waals surface area contributed by atoms with E-state index in [-0.39, 0.29) is 11.1 Å². The van der Waals surface area contributed by atoms with Crippen molar-refractivity contribution < 1.29 is 19.1 Å². The first kappa shape index (κ1) is 13.1. The Morgan fingerprint density at radius 3 is 2.52 bits per heavy atom. The molecule has 0 bridgehead atoms. The van der Waals surface area contributed by atoms with E-state index >= 15 is 0 Å². The summed E-state index contributed by atoms with van der Waals surface area (Å²) in [6.45, 7) is 0. The Labute approximate surface area is 119 Å². The summed E-state index contributed by atoms with van der Waals surface area (Å²) in [5, 5.41) is 0.760. The fourth-order valence-corrected chi connectivity index (χ4v) is 2.37. The fraction of sp³-hybridized carbons (Fsp3) is 0.133. The van der Waals surface area contributed by atoms with Crippen molar-refractivity contribution in [3.8, 4) is 0 Å². The van der Waals surface area contributed by atoms with Crippen molar-refractivity contribution in [2.75, 3.05) is 14.2 Å². The zero-order valence-corrected chi connectivity index (χ0v) is 11.5. The van der Waals surface area contributed by atoms with Gasteiger partial charge in [0.2, 0.25) is 0 Å². The lowest BCUT2D eigenvalue weighted by Crippen LogP contribution is -2.09. The van der Waals surface area contributed by atoms with Crippen molar-refractivity contribution in [3.63, 3.8) is 0 Å². The largest absolute Gasteiger partial charge is 0.465 e. The van der Waals surface area contributed by atoms with Crippen molar-refractivity contribution in [3.05, 3.63) is 47.9 Å². The number of aromatic nitrogens is 2. The monoisotopic (exact) mass is 284 g/mol. The summed E-state index contributed by atoms with van der Waals surface area (Å²) in [5.41, 5.74) is 1.64. The van der Waals surface area contributed by atoms with E-state index in [1.54, 1.807) is 10.7 Å². The number of carbonyl (C=O) groups excluding carboxylic acids is 2. The van der Waals surface area contributed by atoms with Gasteiger partial charge in [-0.2, -0.15) is 0 Å². The second-order valence-electron chi connectivity index (χ2n) is 4.42.